The molecule has 0 aliphatic rings. The van der Waals surface area contributed by atoms with Crippen LogP contribution in [0.5, 0.6) is 0 Å². The predicted octanol–water partition coefficient (Wildman–Crippen LogP) is 5.81. The van der Waals surface area contributed by atoms with Gasteiger partial charge in [-0.15, -0.1) is 0 Å². The van der Waals surface area contributed by atoms with E-state index in [9.17, 15) is 26.4 Å². The summed E-state index contributed by atoms with van der Waals surface area (Å²) in [5.74, 6) is -0.934. The van der Waals surface area contributed by atoms with Crippen LogP contribution in [0.4, 0.5) is 24.5 Å². The molecule has 0 heterocycles. The summed E-state index contributed by atoms with van der Waals surface area (Å²) in [5.41, 5.74) is -0.00457. The third-order valence-electron chi connectivity index (χ3n) is 4.83. The number of carbonyl (C=O) groups excluding carboxylic acids is 1. The van der Waals surface area contributed by atoms with E-state index >= 15 is 0 Å². The van der Waals surface area contributed by atoms with E-state index in [2.05, 4.69) is 5.32 Å². The van der Waals surface area contributed by atoms with E-state index in [1.54, 1.807) is 26.0 Å². The molecule has 0 saturated carbocycles. The molecule has 0 bridgehead atoms. The molecule has 0 atom stereocenters. The first-order valence-electron chi connectivity index (χ1n) is 9.71. The lowest BCUT2D eigenvalue weighted by molar-refractivity contribution is -0.137. The van der Waals surface area contributed by atoms with Crippen molar-refractivity contribution in [1.82, 2.24) is 0 Å². The molecule has 0 saturated heterocycles. The number of hydrogen-bond donors (Lipinski definition) is 1. The minimum absolute atomic E-state index is 0.0639. The molecule has 3 rings (SSSR count). The maximum atomic E-state index is 13.4. The fraction of sp³-hybridized carbons (Fsp3) is 0.174. The molecular weight excluding hydrogens is 477 g/mol. The molecule has 0 fully saturated rings. The topological polar surface area (TPSA) is 66.5 Å². The molecule has 0 aliphatic carbocycles. The number of rotatable bonds is 6. The molecule has 0 unspecified atom stereocenters. The molecule has 3 aromatic rings. The summed E-state index contributed by atoms with van der Waals surface area (Å²) in [6.07, 6.45) is -4.69. The first-order valence-corrected chi connectivity index (χ1v) is 11.5. The summed E-state index contributed by atoms with van der Waals surface area (Å²) < 4.78 is 67.6. The molecule has 174 valence electrons. The Kier molecular flexibility index (Phi) is 7.04. The molecule has 0 aliphatic heterocycles. The SMILES string of the molecule is Cc1ccc(S(=O)(=O)N(CC(=O)Nc2ccccc2C(F)(F)F)c2ccc(Cl)cc2C)cc1. The van der Waals surface area contributed by atoms with Crippen molar-refractivity contribution in [2.24, 2.45) is 0 Å². The number of hydrogen-bond acceptors (Lipinski definition) is 3. The van der Waals surface area contributed by atoms with E-state index in [0.717, 1.165) is 22.0 Å². The Balaban J connectivity index is 2.01. The van der Waals surface area contributed by atoms with Crippen molar-refractivity contribution in [3.63, 3.8) is 0 Å². The van der Waals surface area contributed by atoms with Crippen LogP contribution in [-0.4, -0.2) is 20.9 Å². The van der Waals surface area contributed by atoms with Crippen molar-refractivity contribution >= 4 is 38.9 Å². The van der Waals surface area contributed by atoms with Crippen molar-refractivity contribution < 1.29 is 26.4 Å². The maximum Gasteiger partial charge on any atom is 0.418 e. The Morgan fingerprint density at radius 3 is 2.24 bits per heavy atom. The van der Waals surface area contributed by atoms with Gasteiger partial charge in [0.15, 0.2) is 0 Å². The Morgan fingerprint density at radius 1 is 1.00 bits per heavy atom. The fourth-order valence-corrected chi connectivity index (χ4v) is 4.91. The van der Waals surface area contributed by atoms with Gasteiger partial charge in [-0.1, -0.05) is 41.4 Å². The van der Waals surface area contributed by atoms with E-state index in [-0.39, 0.29) is 10.6 Å². The Hall–Kier alpha value is -3.04. The van der Waals surface area contributed by atoms with E-state index in [4.69, 9.17) is 11.6 Å². The van der Waals surface area contributed by atoms with Crippen LogP contribution in [0.15, 0.2) is 71.6 Å². The molecule has 3 aromatic carbocycles. The van der Waals surface area contributed by atoms with Gasteiger partial charge < -0.3 is 5.32 Å². The second kappa shape index (κ2) is 9.44. The van der Waals surface area contributed by atoms with Crippen LogP contribution in [-0.2, 0) is 21.0 Å². The van der Waals surface area contributed by atoms with Crippen LogP contribution < -0.4 is 9.62 Å². The first-order chi connectivity index (χ1) is 15.4. The predicted molar refractivity (Wildman–Crippen MR) is 122 cm³/mol. The van der Waals surface area contributed by atoms with Gasteiger partial charge in [0.1, 0.15) is 6.54 Å². The smallest absolute Gasteiger partial charge is 0.324 e. The standard InChI is InChI=1S/C23H20ClF3N2O3S/c1-15-7-10-18(11-8-15)33(31,32)29(21-12-9-17(24)13-16(21)2)14-22(30)28-20-6-4-3-5-19(20)23(25,26)27/h3-13H,14H2,1-2H3,(H,28,30). The minimum atomic E-state index is -4.69. The van der Waals surface area contributed by atoms with Crippen LogP contribution >= 0.6 is 11.6 Å². The highest BCUT2D eigenvalue weighted by Crippen LogP contribution is 2.35. The molecule has 5 nitrogen and oxygen atoms in total. The van der Waals surface area contributed by atoms with Crippen LogP contribution in [0, 0.1) is 13.8 Å². The van der Waals surface area contributed by atoms with Crippen molar-refractivity contribution in [2.45, 2.75) is 24.9 Å². The van der Waals surface area contributed by atoms with Crippen LogP contribution in [0.2, 0.25) is 5.02 Å². The van der Waals surface area contributed by atoms with Gasteiger partial charge in [0.2, 0.25) is 5.91 Å². The maximum absolute atomic E-state index is 13.4. The van der Waals surface area contributed by atoms with Crippen molar-refractivity contribution in [1.29, 1.82) is 0 Å². The van der Waals surface area contributed by atoms with Crippen LogP contribution in [0.3, 0.4) is 0 Å². The zero-order valence-corrected chi connectivity index (χ0v) is 19.2. The lowest BCUT2D eigenvalue weighted by Crippen LogP contribution is -2.38. The molecular formula is C23H20ClF3N2O3S. The Bertz CT molecular complexity index is 1280. The number of benzene rings is 3. The van der Waals surface area contributed by atoms with Gasteiger partial charge in [-0.2, -0.15) is 13.2 Å². The number of alkyl halides is 3. The Labute approximate surface area is 194 Å². The summed E-state index contributed by atoms with van der Waals surface area (Å²) in [4.78, 5) is 12.7. The van der Waals surface area contributed by atoms with Crippen LogP contribution in [0.1, 0.15) is 16.7 Å². The third-order valence-corrected chi connectivity index (χ3v) is 6.84. The molecule has 1 N–H and O–H groups in total. The number of carbonyl (C=O) groups is 1. The van der Waals surface area contributed by atoms with E-state index in [1.807, 2.05) is 0 Å². The average Bonchev–Trinajstić information content (AvgIpc) is 2.72. The lowest BCUT2D eigenvalue weighted by atomic mass is 10.1. The van der Waals surface area contributed by atoms with Gasteiger partial charge >= 0.3 is 6.18 Å². The largest absolute Gasteiger partial charge is 0.418 e. The zero-order valence-electron chi connectivity index (χ0n) is 17.7. The zero-order chi connectivity index (χ0) is 24.4. The summed E-state index contributed by atoms with van der Waals surface area (Å²) in [6.45, 7) is 2.67. The molecule has 1 amide bonds. The van der Waals surface area contributed by atoms with Crippen molar-refractivity contribution in [3.8, 4) is 0 Å². The number of nitrogens with zero attached hydrogens (tertiary/aromatic N) is 1. The normalized spacial score (nSPS) is 11.8. The van der Waals surface area contributed by atoms with Crippen molar-refractivity contribution in [3.05, 3.63) is 88.4 Å². The van der Waals surface area contributed by atoms with Gasteiger partial charge in [0.25, 0.3) is 10.0 Å². The second-order valence-electron chi connectivity index (χ2n) is 7.35. The van der Waals surface area contributed by atoms with Crippen LogP contribution in [0.25, 0.3) is 0 Å². The monoisotopic (exact) mass is 496 g/mol. The van der Waals surface area contributed by atoms with Crippen molar-refractivity contribution in [2.75, 3.05) is 16.2 Å². The molecule has 0 aromatic heterocycles. The molecule has 0 radical (unpaired) electrons. The van der Waals surface area contributed by atoms with Gasteiger partial charge in [0, 0.05) is 5.02 Å². The number of aryl methyl sites for hydroxylation is 2. The first kappa shape index (κ1) is 24.6. The van der Waals surface area contributed by atoms with Gasteiger partial charge in [-0.05, 0) is 61.9 Å². The lowest BCUT2D eigenvalue weighted by Gasteiger charge is -2.26. The van der Waals surface area contributed by atoms with E-state index < -0.39 is 39.9 Å². The fourth-order valence-electron chi connectivity index (χ4n) is 3.20. The molecule has 10 heteroatoms. The number of para-hydroxylation sites is 1. The number of anilines is 2. The highest BCUT2D eigenvalue weighted by molar-refractivity contribution is 7.92. The van der Waals surface area contributed by atoms with Gasteiger partial charge in [-0.25, -0.2) is 8.42 Å². The molecule has 33 heavy (non-hydrogen) atoms. The highest BCUT2D eigenvalue weighted by atomic mass is 35.5. The summed E-state index contributed by atoms with van der Waals surface area (Å²) in [5, 5.41) is 2.56. The number of nitrogens with one attached hydrogen (secondary N) is 1. The number of halogens is 4. The second-order valence-corrected chi connectivity index (χ2v) is 9.65. The minimum Gasteiger partial charge on any atom is -0.324 e. The number of sulfonamides is 1. The van der Waals surface area contributed by atoms with Gasteiger partial charge in [-0.3, -0.25) is 9.10 Å². The third kappa shape index (κ3) is 5.66. The van der Waals surface area contributed by atoms with E-state index in [0.29, 0.717) is 10.6 Å². The molecule has 0 spiro atoms. The average molecular weight is 497 g/mol. The summed E-state index contributed by atoms with van der Waals surface area (Å²) >= 11 is 5.99. The number of amides is 1. The highest BCUT2D eigenvalue weighted by Gasteiger charge is 2.34. The van der Waals surface area contributed by atoms with Gasteiger partial charge in [0.05, 0.1) is 21.8 Å². The quantitative estimate of drug-likeness (QED) is 0.468. The van der Waals surface area contributed by atoms with E-state index in [1.165, 1.54) is 42.5 Å². The summed E-state index contributed by atoms with van der Waals surface area (Å²) in [7, 11) is -4.22. The summed E-state index contributed by atoms with van der Waals surface area (Å²) in [6, 6.07) is 15.0. The Morgan fingerprint density at radius 2 is 1.64 bits per heavy atom.